The van der Waals surface area contributed by atoms with Crippen LogP contribution in [0.5, 0.6) is 0 Å². The van der Waals surface area contributed by atoms with Gasteiger partial charge < -0.3 is 15.0 Å². The molecule has 0 saturated heterocycles. The van der Waals surface area contributed by atoms with E-state index < -0.39 is 5.97 Å². The van der Waals surface area contributed by atoms with Crippen LogP contribution in [-0.4, -0.2) is 28.1 Å². The van der Waals surface area contributed by atoms with Crippen LogP contribution in [0.1, 0.15) is 55.1 Å². The molecule has 5 nitrogen and oxygen atoms in total. The molecule has 2 aliphatic rings. The number of hydrogen-bond donors (Lipinski definition) is 2. The molecule has 0 radical (unpaired) electrons. The van der Waals surface area contributed by atoms with Crippen molar-refractivity contribution in [3.05, 3.63) is 22.4 Å². The molecule has 0 unspecified atom stereocenters. The van der Waals surface area contributed by atoms with E-state index in [1.165, 1.54) is 0 Å². The summed E-state index contributed by atoms with van der Waals surface area (Å²) in [5.41, 5.74) is 0.421. The van der Waals surface area contributed by atoms with Crippen LogP contribution in [0.3, 0.4) is 0 Å². The van der Waals surface area contributed by atoms with Gasteiger partial charge in [-0.2, -0.15) is 0 Å². The molecule has 0 atom stereocenters. The van der Waals surface area contributed by atoms with Crippen molar-refractivity contribution in [1.29, 1.82) is 0 Å². The highest BCUT2D eigenvalue weighted by atomic mass is 79.9. The van der Waals surface area contributed by atoms with Crippen LogP contribution >= 0.6 is 15.9 Å². The van der Waals surface area contributed by atoms with Gasteiger partial charge in [0.05, 0.1) is 6.42 Å². The maximum atomic E-state index is 12.4. The lowest BCUT2D eigenvalue weighted by Gasteiger charge is -2.40. The standard InChI is InChI=1S/C15H19BrN2O3/c16-10-6-12(18(8-10)11-2-3-11)14(21)17-9-15(4-1-5-15)7-13(19)20/h6,8,11H,1-5,7,9H2,(H,17,21)(H,19,20). The van der Waals surface area contributed by atoms with Gasteiger partial charge in [-0.3, -0.25) is 9.59 Å². The Balaban J connectivity index is 1.65. The maximum absolute atomic E-state index is 12.4. The molecule has 1 amide bonds. The number of nitrogens with zero attached hydrogens (tertiary/aromatic N) is 1. The monoisotopic (exact) mass is 354 g/mol. The SMILES string of the molecule is O=C(O)CC1(CNC(=O)c2cc(Br)cn2C2CC2)CCC1. The second-order valence-electron chi connectivity index (χ2n) is 6.29. The third-order valence-electron chi connectivity index (χ3n) is 4.55. The summed E-state index contributed by atoms with van der Waals surface area (Å²) in [6.07, 6.45) is 7.13. The number of hydrogen-bond acceptors (Lipinski definition) is 2. The number of halogens is 1. The number of carboxylic acid groups (broad SMARTS) is 1. The minimum absolute atomic E-state index is 0.107. The minimum Gasteiger partial charge on any atom is -0.481 e. The van der Waals surface area contributed by atoms with Gasteiger partial charge in [0, 0.05) is 23.3 Å². The zero-order valence-electron chi connectivity index (χ0n) is 11.8. The molecular formula is C15H19BrN2O3. The average Bonchev–Trinajstić information content (AvgIpc) is 3.15. The molecule has 2 aliphatic carbocycles. The quantitative estimate of drug-likeness (QED) is 0.824. The molecule has 2 fully saturated rings. The van der Waals surface area contributed by atoms with E-state index in [1.807, 2.05) is 16.8 Å². The molecule has 0 bridgehead atoms. The smallest absolute Gasteiger partial charge is 0.303 e. The van der Waals surface area contributed by atoms with E-state index in [-0.39, 0.29) is 17.7 Å². The van der Waals surface area contributed by atoms with E-state index in [4.69, 9.17) is 5.11 Å². The fraction of sp³-hybridized carbons (Fsp3) is 0.600. The van der Waals surface area contributed by atoms with Gasteiger partial charge in [0.25, 0.3) is 5.91 Å². The van der Waals surface area contributed by atoms with Crippen molar-refractivity contribution < 1.29 is 14.7 Å². The van der Waals surface area contributed by atoms with E-state index >= 15 is 0 Å². The van der Waals surface area contributed by atoms with Crippen LogP contribution < -0.4 is 5.32 Å². The Morgan fingerprint density at radius 1 is 1.43 bits per heavy atom. The topological polar surface area (TPSA) is 71.3 Å². The third kappa shape index (κ3) is 3.15. The molecule has 3 rings (SSSR count). The maximum Gasteiger partial charge on any atom is 0.303 e. The zero-order valence-corrected chi connectivity index (χ0v) is 13.4. The summed E-state index contributed by atoms with van der Waals surface area (Å²) in [5, 5.41) is 11.9. The van der Waals surface area contributed by atoms with Gasteiger partial charge in [0.2, 0.25) is 0 Å². The van der Waals surface area contributed by atoms with E-state index in [9.17, 15) is 9.59 Å². The summed E-state index contributed by atoms with van der Waals surface area (Å²) in [4.78, 5) is 23.3. The molecule has 0 aliphatic heterocycles. The Kier molecular flexibility index (Phi) is 3.82. The van der Waals surface area contributed by atoms with Crippen LogP contribution in [0.15, 0.2) is 16.7 Å². The summed E-state index contributed by atoms with van der Waals surface area (Å²) in [7, 11) is 0. The van der Waals surface area contributed by atoms with Crippen molar-refractivity contribution in [3.8, 4) is 0 Å². The largest absolute Gasteiger partial charge is 0.481 e. The molecule has 1 heterocycles. The Labute approximate surface area is 131 Å². The van der Waals surface area contributed by atoms with Crippen molar-refractivity contribution in [2.75, 3.05) is 6.54 Å². The molecule has 1 aromatic rings. The molecule has 0 spiro atoms. The molecular weight excluding hydrogens is 336 g/mol. The van der Waals surface area contributed by atoms with Crippen molar-refractivity contribution >= 4 is 27.8 Å². The number of amides is 1. The second-order valence-corrected chi connectivity index (χ2v) is 7.20. The molecule has 2 saturated carbocycles. The van der Waals surface area contributed by atoms with E-state index in [0.717, 1.165) is 36.6 Å². The third-order valence-corrected chi connectivity index (χ3v) is 4.99. The summed E-state index contributed by atoms with van der Waals surface area (Å²) < 4.78 is 2.92. The zero-order chi connectivity index (χ0) is 15.0. The van der Waals surface area contributed by atoms with Gasteiger partial charge in [-0.1, -0.05) is 6.42 Å². The lowest BCUT2D eigenvalue weighted by atomic mass is 9.66. The number of aromatic nitrogens is 1. The van der Waals surface area contributed by atoms with Crippen molar-refractivity contribution in [2.24, 2.45) is 5.41 Å². The summed E-state index contributed by atoms with van der Waals surface area (Å²) in [5.74, 6) is -0.891. The fourth-order valence-corrected chi connectivity index (χ4v) is 3.49. The van der Waals surface area contributed by atoms with Crippen molar-refractivity contribution in [2.45, 2.75) is 44.6 Å². The summed E-state index contributed by atoms with van der Waals surface area (Å²) in [6.45, 7) is 0.450. The number of carboxylic acids is 1. The Bertz CT molecular complexity index is 573. The van der Waals surface area contributed by atoms with Crippen LogP contribution in [0.4, 0.5) is 0 Å². The normalized spacial score (nSPS) is 19.9. The lowest BCUT2D eigenvalue weighted by molar-refractivity contribution is -0.141. The number of carbonyl (C=O) groups excluding carboxylic acids is 1. The lowest BCUT2D eigenvalue weighted by Crippen LogP contribution is -2.43. The number of rotatable bonds is 6. The first-order valence-corrected chi connectivity index (χ1v) is 8.16. The number of nitrogens with one attached hydrogen (secondary N) is 1. The van der Waals surface area contributed by atoms with E-state index in [2.05, 4.69) is 21.2 Å². The second kappa shape index (κ2) is 5.48. The average molecular weight is 355 g/mol. The van der Waals surface area contributed by atoms with Crippen molar-refractivity contribution in [3.63, 3.8) is 0 Å². The highest BCUT2D eigenvalue weighted by molar-refractivity contribution is 9.10. The molecule has 2 N–H and O–H groups in total. The highest BCUT2D eigenvalue weighted by Gasteiger charge is 2.39. The minimum atomic E-state index is -0.784. The first-order valence-electron chi connectivity index (χ1n) is 7.36. The Hall–Kier alpha value is -1.30. The number of carbonyl (C=O) groups is 2. The van der Waals surface area contributed by atoms with Gasteiger partial charge in [-0.25, -0.2) is 0 Å². The van der Waals surface area contributed by atoms with Crippen LogP contribution in [0, 0.1) is 5.41 Å². The molecule has 1 aromatic heterocycles. The van der Waals surface area contributed by atoms with Crippen LogP contribution in [0.2, 0.25) is 0 Å². The van der Waals surface area contributed by atoms with E-state index in [0.29, 0.717) is 18.3 Å². The van der Waals surface area contributed by atoms with Gasteiger partial charge in [0.1, 0.15) is 5.69 Å². The molecule has 0 aromatic carbocycles. The van der Waals surface area contributed by atoms with E-state index in [1.54, 1.807) is 0 Å². The summed E-state index contributed by atoms with van der Waals surface area (Å²) in [6, 6.07) is 2.27. The van der Waals surface area contributed by atoms with Gasteiger partial charge >= 0.3 is 5.97 Å². The Morgan fingerprint density at radius 3 is 2.67 bits per heavy atom. The van der Waals surface area contributed by atoms with Crippen molar-refractivity contribution in [1.82, 2.24) is 9.88 Å². The van der Waals surface area contributed by atoms with Gasteiger partial charge in [-0.15, -0.1) is 0 Å². The molecule has 6 heteroatoms. The van der Waals surface area contributed by atoms with Crippen LogP contribution in [0.25, 0.3) is 0 Å². The first-order chi connectivity index (χ1) is 9.99. The Morgan fingerprint density at radius 2 is 2.14 bits per heavy atom. The number of aliphatic carboxylic acids is 1. The fourth-order valence-electron chi connectivity index (χ4n) is 3.05. The van der Waals surface area contributed by atoms with Gasteiger partial charge in [-0.05, 0) is 53.1 Å². The van der Waals surface area contributed by atoms with Crippen LogP contribution in [-0.2, 0) is 4.79 Å². The molecule has 114 valence electrons. The highest BCUT2D eigenvalue weighted by Crippen LogP contribution is 2.43. The predicted molar refractivity (Wildman–Crippen MR) is 81.3 cm³/mol. The molecule has 21 heavy (non-hydrogen) atoms. The summed E-state index contributed by atoms with van der Waals surface area (Å²) >= 11 is 3.42. The first kappa shape index (κ1) is 14.6. The van der Waals surface area contributed by atoms with Gasteiger partial charge in [0.15, 0.2) is 0 Å². The predicted octanol–water partition coefficient (Wildman–Crippen LogP) is 2.96.